The minimum absolute atomic E-state index is 0.154. The Hall–Kier alpha value is -1.44. The highest BCUT2D eigenvalue weighted by atomic mass is 79.9. The molecule has 0 saturated heterocycles. The van der Waals surface area contributed by atoms with Crippen molar-refractivity contribution in [2.24, 2.45) is 0 Å². The number of amides is 1. The van der Waals surface area contributed by atoms with Gasteiger partial charge in [0, 0.05) is 15.7 Å². The number of nitrogens with one attached hydrogen (secondary N) is 1. The van der Waals surface area contributed by atoms with Crippen LogP contribution in [0.5, 0.6) is 0 Å². The lowest BCUT2D eigenvalue weighted by Crippen LogP contribution is -2.09. The summed E-state index contributed by atoms with van der Waals surface area (Å²) < 4.78 is 7.39. The Balaban J connectivity index is 1.84. The van der Waals surface area contributed by atoms with E-state index in [9.17, 15) is 4.79 Å². The first-order valence-electron chi connectivity index (χ1n) is 6.74. The van der Waals surface area contributed by atoms with Gasteiger partial charge >= 0.3 is 0 Å². The predicted molar refractivity (Wildman–Crippen MR) is 99.1 cm³/mol. The molecule has 23 heavy (non-hydrogen) atoms. The maximum atomic E-state index is 12.3. The summed E-state index contributed by atoms with van der Waals surface area (Å²) >= 11 is 8.15. The van der Waals surface area contributed by atoms with Crippen LogP contribution in [0.3, 0.4) is 0 Å². The van der Waals surface area contributed by atoms with Crippen LogP contribution in [0.4, 0.5) is 5.69 Å². The molecular formula is C16H12Br2N2O2S. The highest BCUT2D eigenvalue weighted by Gasteiger charge is 2.13. The maximum Gasteiger partial charge on any atom is 0.265 e. The lowest BCUT2D eigenvalue weighted by atomic mass is 10.2. The third-order valence-electron chi connectivity index (χ3n) is 3.26. The molecule has 3 aromatic rings. The van der Waals surface area contributed by atoms with Gasteiger partial charge in [-0.05, 0) is 70.0 Å². The molecule has 1 N–H and O–H groups in total. The zero-order valence-electron chi connectivity index (χ0n) is 12.3. The number of nitrogens with zero attached hydrogens (tertiary/aromatic N) is 1. The Kier molecular flexibility index (Phi) is 4.70. The topological polar surface area (TPSA) is 55.1 Å². The number of anilines is 1. The molecule has 0 atom stereocenters. The SMILES string of the molecule is Cc1nc(-c2cccc(NC(=O)c3cc(Br)c(Br)s3)c2)oc1C. The van der Waals surface area contributed by atoms with Crippen molar-refractivity contribution in [1.29, 1.82) is 0 Å². The van der Waals surface area contributed by atoms with Gasteiger partial charge in [0.25, 0.3) is 5.91 Å². The van der Waals surface area contributed by atoms with E-state index in [1.165, 1.54) is 11.3 Å². The van der Waals surface area contributed by atoms with E-state index in [2.05, 4.69) is 42.2 Å². The number of rotatable bonds is 3. The lowest BCUT2D eigenvalue weighted by Gasteiger charge is -2.04. The van der Waals surface area contributed by atoms with Crippen molar-refractivity contribution in [3.8, 4) is 11.5 Å². The van der Waals surface area contributed by atoms with Crippen LogP contribution in [0.1, 0.15) is 21.1 Å². The smallest absolute Gasteiger partial charge is 0.265 e. The van der Waals surface area contributed by atoms with E-state index in [1.807, 2.05) is 38.1 Å². The van der Waals surface area contributed by atoms with Gasteiger partial charge in [-0.1, -0.05) is 6.07 Å². The second-order valence-corrected chi connectivity index (χ2v) is 8.15. The number of benzene rings is 1. The summed E-state index contributed by atoms with van der Waals surface area (Å²) in [7, 11) is 0. The summed E-state index contributed by atoms with van der Waals surface area (Å²) in [6, 6.07) is 9.23. The first-order valence-corrected chi connectivity index (χ1v) is 9.15. The Morgan fingerprint density at radius 2 is 2.04 bits per heavy atom. The van der Waals surface area contributed by atoms with E-state index < -0.39 is 0 Å². The first kappa shape index (κ1) is 16.4. The number of carbonyl (C=O) groups excluding carboxylic acids is 1. The van der Waals surface area contributed by atoms with Gasteiger partial charge in [-0.3, -0.25) is 4.79 Å². The van der Waals surface area contributed by atoms with Crippen LogP contribution in [0.2, 0.25) is 0 Å². The van der Waals surface area contributed by atoms with E-state index in [-0.39, 0.29) is 5.91 Å². The van der Waals surface area contributed by atoms with Crippen LogP contribution in [0.25, 0.3) is 11.5 Å². The molecule has 0 fully saturated rings. The minimum atomic E-state index is -0.154. The van der Waals surface area contributed by atoms with Crippen LogP contribution < -0.4 is 5.32 Å². The fraction of sp³-hybridized carbons (Fsp3) is 0.125. The minimum Gasteiger partial charge on any atom is -0.441 e. The summed E-state index contributed by atoms with van der Waals surface area (Å²) in [5, 5.41) is 2.89. The molecule has 0 aliphatic rings. The third kappa shape index (κ3) is 3.57. The van der Waals surface area contributed by atoms with Gasteiger partial charge in [-0.2, -0.15) is 0 Å². The summed E-state index contributed by atoms with van der Waals surface area (Å²) in [6.07, 6.45) is 0. The van der Waals surface area contributed by atoms with Gasteiger partial charge in [-0.25, -0.2) is 4.98 Å². The van der Waals surface area contributed by atoms with Gasteiger partial charge in [0.1, 0.15) is 5.76 Å². The molecule has 118 valence electrons. The summed E-state index contributed by atoms with van der Waals surface area (Å²) in [6.45, 7) is 3.78. The Morgan fingerprint density at radius 3 is 2.65 bits per heavy atom. The predicted octanol–water partition coefficient (Wildman–Crippen LogP) is 5.80. The Labute approximate surface area is 154 Å². The molecular weight excluding hydrogens is 444 g/mol. The van der Waals surface area contributed by atoms with E-state index in [1.54, 1.807) is 6.07 Å². The molecule has 0 radical (unpaired) electrons. The van der Waals surface area contributed by atoms with Crippen molar-refractivity contribution in [3.05, 3.63) is 54.9 Å². The van der Waals surface area contributed by atoms with E-state index in [4.69, 9.17) is 4.42 Å². The van der Waals surface area contributed by atoms with Crippen molar-refractivity contribution in [2.45, 2.75) is 13.8 Å². The Morgan fingerprint density at radius 1 is 1.26 bits per heavy atom. The molecule has 0 saturated carbocycles. The van der Waals surface area contributed by atoms with E-state index in [0.717, 1.165) is 25.3 Å². The molecule has 3 rings (SSSR count). The maximum absolute atomic E-state index is 12.3. The number of aromatic nitrogens is 1. The quantitative estimate of drug-likeness (QED) is 0.543. The van der Waals surface area contributed by atoms with Crippen molar-refractivity contribution in [3.63, 3.8) is 0 Å². The van der Waals surface area contributed by atoms with Gasteiger partial charge < -0.3 is 9.73 Å². The van der Waals surface area contributed by atoms with E-state index in [0.29, 0.717) is 16.5 Å². The monoisotopic (exact) mass is 454 g/mol. The zero-order chi connectivity index (χ0) is 16.6. The second kappa shape index (κ2) is 6.59. The molecule has 0 bridgehead atoms. The normalized spacial score (nSPS) is 10.8. The average molecular weight is 456 g/mol. The van der Waals surface area contributed by atoms with Crippen molar-refractivity contribution < 1.29 is 9.21 Å². The molecule has 0 aliphatic heterocycles. The molecule has 2 heterocycles. The molecule has 7 heteroatoms. The number of oxazole rings is 1. The van der Waals surface area contributed by atoms with Crippen molar-refractivity contribution >= 4 is 54.8 Å². The number of thiophene rings is 1. The van der Waals surface area contributed by atoms with Crippen LogP contribution in [0.15, 0.2) is 43.0 Å². The molecule has 0 unspecified atom stereocenters. The van der Waals surface area contributed by atoms with Crippen LogP contribution in [-0.2, 0) is 0 Å². The van der Waals surface area contributed by atoms with Gasteiger partial charge in [-0.15, -0.1) is 11.3 Å². The third-order valence-corrected chi connectivity index (χ3v) is 6.52. The van der Waals surface area contributed by atoms with Crippen LogP contribution in [-0.4, -0.2) is 10.9 Å². The molecule has 1 aromatic carbocycles. The van der Waals surface area contributed by atoms with Crippen molar-refractivity contribution in [1.82, 2.24) is 4.98 Å². The molecule has 1 amide bonds. The second-order valence-electron chi connectivity index (χ2n) is 4.93. The fourth-order valence-corrected chi connectivity index (χ4v) is 3.91. The number of aryl methyl sites for hydroxylation is 2. The van der Waals surface area contributed by atoms with Gasteiger partial charge in [0.05, 0.1) is 14.4 Å². The molecule has 2 aromatic heterocycles. The lowest BCUT2D eigenvalue weighted by molar-refractivity contribution is 0.103. The summed E-state index contributed by atoms with van der Waals surface area (Å²) in [5.74, 6) is 1.19. The van der Waals surface area contributed by atoms with Crippen molar-refractivity contribution in [2.75, 3.05) is 5.32 Å². The number of hydrogen-bond donors (Lipinski definition) is 1. The van der Waals surface area contributed by atoms with E-state index >= 15 is 0 Å². The highest BCUT2D eigenvalue weighted by molar-refractivity contribution is 9.13. The van der Waals surface area contributed by atoms with Gasteiger partial charge in [0.15, 0.2) is 0 Å². The largest absolute Gasteiger partial charge is 0.441 e. The fourth-order valence-electron chi connectivity index (χ4n) is 1.98. The molecule has 4 nitrogen and oxygen atoms in total. The number of carbonyl (C=O) groups is 1. The first-order chi connectivity index (χ1) is 10.9. The zero-order valence-corrected chi connectivity index (χ0v) is 16.3. The number of hydrogen-bond acceptors (Lipinski definition) is 4. The molecule has 0 spiro atoms. The average Bonchev–Trinajstić information content (AvgIpc) is 3.03. The molecule has 0 aliphatic carbocycles. The van der Waals surface area contributed by atoms with Crippen LogP contribution in [0, 0.1) is 13.8 Å². The Bertz CT molecular complexity index is 847. The van der Waals surface area contributed by atoms with Gasteiger partial charge in [0.2, 0.25) is 5.89 Å². The number of halogens is 2. The summed E-state index contributed by atoms with van der Waals surface area (Å²) in [5.41, 5.74) is 2.39. The van der Waals surface area contributed by atoms with Crippen LogP contribution >= 0.6 is 43.2 Å². The highest BCUT2D eigenvalue weighted by Crippen LogP contribution is 2.33. The standard InChI is InChI=1S/C16H12Br2N2O2S/c1-8-9(2)22-16(19-8)10-4-3-5-11(6-10)20-15(21)13-7-12(17)14(18)23-13/h3-7H,1-2H3,(H,20,21). The summed E-state index contributed by atoms with van der Waals surface area (Å²) in [4.78, 5) is 17.3.